The minimum Gasteiger partial charge on any atom is -0.493 e. The third-order valence-electron chi connectivity index (χ3n) is 4.54. The molecule has 0 saturated heterocycles. The van der Waals surface area contributed by atoms with Crippen LogP contribution in [0, 0.1) is 17.1 Å². The highest BCUT2D eigenvalue weighted by Crippen LogP contribution is 2.28. The van der Waals surface area contributed by atoms with Crippen molar-refractivity contribution in [1.29, 1.82) is 5.26 Å². The molecule has 1 unspecified atom stereocenters. The van der Waals surface area contributed by atoms with Gasteiger partial charge in [0.2, 0.25) is 0 Å². The van der Waals surface area contributed by atoms with E-state index in [-0.39, 0.29) is 17.1 Å². The van der Waals surface area contributed by atoms with E-state index in [1.807, 2.05) is 6.07 Å². The molecule has 0 fully saturated rings. The van der Waals surface area contributed by atoms with Crippen molar-refractivity contribution in [1.82, 2.24) is 5.43 Å². The molecule has 0 bridgehead atoms. The van der Waals surface area contributed by atoms with Gasteiger partial charge in [-0.25, -0.2) is 14.6 Å². The normalized spacial score (nSPS) is 11.4. The van der Waals surface area contributed by atoms with E-state index < -0.39 is 23.8 Å². The van der Waals surface area contributed by atoms with E-state index in [0.717, 1.165) is 6.07 Å². The number of carbonyl (C=O) groups excluding carboxylic acids is 2. The number of benzene rings is 3. The largest absolute Gasteiger partial charge is 0.493 e. The summed E-state index contributed by atoms with van der Waals surface area (Å²) in [6, 6.07) is 18.4. The second-order valence-electron chi connectivity index (χ2n) is 6.91. The summed E-state index contributed by atoms with van der Waals surface area (Å²) < 4.78 is 29.8. The van der Waals surface area contributed by atoms with Crippen LogP contribution in [0.5, 0.6) is 17.2 Å². The highest BCUT2D eigenvalue weighted by atomic mass is 19.1. The second kappa shape index (κ2) is 11.2. The Kier molecular flexibility index (Phi) is 7.92. The number of nitrogens with one attached hydrogen (secondary N) is 1. The Morgan fingerprint density at radius 1 is 1.09 bits per heavy atom. The molecule has 0 spiro atoms. The van der Waals surface area contributed by atoms with E-state index in [2.05, 4.69) is 10.5 Å². The average Bonchev–Trinajstić information content (AvgIpc) is 2.85. The van der Waals surface area contributed by atoms with Gasteiger partial charge in [-0.2, -0.15) is 10.4 Å². The summed E-state index contributed by atoms with van der Waals surface area (Å²) in [5, 5.41) is 12.7. The van der Waals surface area contributed by atoms with E-state index >= 15 is 0 Å². The number of rotatable bonds is 8. The van der Waals surface area contributed by atoms with Crippen LogP contribution in [0.2, 0.25) is 0 Å². The summed E-state index contributed by atoms with van der Waals surface area (Å²) in [5.74, 6) is -1.28. The van der Waals surface area contributed by atoms with Gasteiger partial charge in [-0.3, -0.25) is 4.79 Å². The van der Waals surface area contributed by atoms with Crippen molar-refractivity contribution in [3.8, 4) is 23.3 Å². The van der Waals surface area contributed by atoms with E-state index in [1.54, 1.807) is 37.3 Å². The van der Waals surface area contributed by atoms with Crippen molar-refractivity contribution < 1.29 is 28.2 Å². The summed E-state index contributed by atoms with van der Waals surface area (Å²) >= 11 is 0. The van der Waals surface area contributed by atoms with Crippen molar-refractivity contribution >= 4 is 18.1 Å². The molecule has 172 valence electrons. The van der Waals surface area contributed by atoms with Crippen LogP contribution in [0.4, 0.5) is 4.39 Å². The smallest absolute Gasteiger partial charge is 0.346 e. The lowest BCUT2D eigenvalue weighted by molar-refractivity contribution is -0.127. The summed E-state index contributed by atoms with van der Waals surface area (Å²) in [5.41, 5.74) is 3.20. The molecule has 0 aliphatic carbocycles. The third-order valence-corrected chi connectivity index (χ3v) is 4.54. The molecule has 0 aromatic heterocycles. The monoisotopic (exact) mass is 461 g/mol. The van der Waals surface area contributed by atoms with Gasteiger partial charge in [0.25, 0.3) is 5.91 Å². The lowest BCUT2D eigenvalue weighted by Gasteiger charge is -2.13. The predicted octanol–water partition coefficient (Wildman–Crippen LogP) is 3.84. The number of hydrogen-bond donors (Lipinski definition) is 1. The standard InChI is InChI=1S/C25H20FN3O5/c1-16(33-19-10-7-17(14-27)8-11-19)24(30)29-28-15-18-9-12-22(23(13-18)32-2)34-25(31)20-5-3-4-6-21(20)26/h3-13,15-16H,1-2H3,(H,29,30)/b28-15+. The molecule has 1 N–H and O–H groups in total. The van der Waals surface area contributed by atoms with Gasteiger partial charge in [0.1, 0.15) is 11.6 Å². The third kappa shape index (κ3) is 6.17. The SMILES string of the molecule is COc1cc(/C=N/NC(=O)C(C)Oc2ccc(C#N)cc2)ccc1OC(=O)c1ccccc1F. The minimum absolute atomic E-state index is 0.0985. The van der Waals surface area contributed by atoms with E-state index in [9.17, 15) is 14.0 Å². The zero-order valence-corrected chi connectivity index (χ0v) is 18.3. The molecule has 9 heteroatoms. The maximum atomic E-state index is 13.8. The first-order chi connectivity index (χ1) is 16.4. The van der Waals surface area contributed by atoms with Crippen molar-refractivity contribution in [2.45, 2.75) is 13.0 Å². The fourth-order valence-corrected chi connectivity index (χ4v) is 2.76. The van der Waals surface area contributed by atoms with Gasteiger partial charge in [0, 0.05) is 0 Å². The molecule has 1 atom stereocenters. The summed E-state index contributed by atoms with van der Waals surface area (Å²) in [6.07, 6.45) is 0.539. The highest BCUT2D eigenvalue weighted by Gasteiger charge is 2.16. The van der Waals surface area contributed by atoms with Crippen LogP contribution in [0.1, 0.15) is 28.4 Å². The van der Waals surface area contributed by atoms with Gasteiger partial charge >= 0.3 is 5.97 Å². The zero-order chi connectivity index (χ0) is 24.5. The Hall–Kier alpha value is -4.71. The Morgan fingerprint density at radius 3 is 2.50 bits per heavy atom. The fourth-order valence-electron chi connectivity index (χ4n) is 2.76. The molecule has 0 saturated carbocycles. The van der Waals surface area contributed by atoms with Crippen LogP contribution in [0.25, 0.3) is 0 Å². The highest BCUT2D eigenvalue weighted by molar-refractivity contribution is 5.92. The molecular weight excluding hydrogens is 441 g/mol. The van der Waals surface area contributed by atoms with Gasteiger partial charge in [-0.05, 0) is 67.1 Å². The number of amides is 1. The number of nitriles is 1. The first-order valence-electron chi connectivity index (χ1n) is 10.1. The minimum atomic E-state index is -0.860. The van der Waals surface area contributed by atoms with Crippen molar-refractivity contribution in [2.75, 3.05) is 7.11 Å². The van der Waals surface area contributed by atoms with Crippen LogP contribution in [0.3, 0.4) is 0 Å². The number of esters is 1. The van der Waals surface area contributed by atoms with Crippen molar-refractivity contribution in [3.63, 3.8) is 0 Å². The van der Waals surface area contributed by atoms with Gasteiger partial charge in [-0.15, -0.1) is 0 Å². The Bertz CT molecular complexity index is 1250. The molecule has 8 nitrogen and oxygen atoms in total. The van der Waals surface area contributed by atoms with E-state index in [1.165, 1.54) is 43.7 Å². The quantitative estimate of drug-likeness (QED) is 0.236. The van der Waals surface area contributed by atoms with E-state index in [4.69, 9.17) is 19.5 Å². The number of halogens is 1. The van der Waals surface area contributed by atoms with Gasteiger partial charge in [-0.1, -0.05) is 12.1 Å². The maximum Gasteiger partial charge on any atom is 0.346 e. The van der Waals surface area contributed by atoms with Crippen LogP contribution in [-0.2, 0) is 4.79 Å². The second-order valence-corrected chi connectivity index (χ2v) is 6.91. The van der Waals surface area contributed by atoms with Crippen molar-refractivity contribution in [3.05, 3.63) is 89.2 Å². The van der Waals surface area contributed by atoms with Crippen LogP contribution < -0.4 is 19.6 Å². The molecule has 3 aromatic rings. The molecule has 0 aliphatic rings. The average molecular weight is 461 g/mol. The Morgan fingerprint density at radius 2 is 1.82 bits per heavy atom. The molecule has 3 rings (SSSR count). The molecule has 0 radical (unpaired) electrons. The fraction of sp³-hybridized carbons (Fsp3) is 0.120. The number of carbonyl (C=O) groups is 2. The van der Waals surface area contributed by atoms with Gasteiger partial charge in [0.05, 0.1) is 30.5 Å². The number of ether oxygens (including phenoxy) is 3. The number of hydrazone groups is 1. The summed E-state index contributed by atoms with van der Waals surface area (Å²) in [6.45, 7) is 1.56. The molecular formula is C25H20FN3O5. The van der Waals surface area contributed by atoms with E-state index in [0.29, 0.717) is 16.9 Å². The lowest BCUT2D eigenvalue weighted by Crippen LogP contribution is -2.33. The Balaban J connectivity index is 1.60. The number of nitrogens with zero attached hydrogens (tertiary/aromatic N) is 2. The van der Waals surface area contributed by atoms with Gasteiger partial charge < -0.3 is 14.2 Å². The zero-order valence-electron chi connectivity index (χ0n) is 18.3. The molecule has 0 aliphatic heterocycles. The van der Waals surface area contributed by atoms with Crippen LogP contribution in [0.15, 0.2) is 71.8 Å². The topological polar surface area (TPSA) is 110 Å². The van der Waals surface area contributed by atoms with Gasteiger partial charge in [0.15, 0.2) is 17.6 Å². The molecule has 3 aromatic carbocycles. The van der Waals surface area contributed by atoms with Crippen molar-refractivity contribution in [2.24, 2.45) is 5.10 Å². The maximum absolute atomic E-state index is 13.8. The summed E-state index contributed by atoms with van der Waals surface area (Å²) in [4.78, 5) is 24.5. The number of methoxy groups -OCH3 is 1. The first-order valence-corrected chi connectivity index (χ1v) is 10.1. The Labute approximate surface area is 195 Å². The molecule has 0 heterocycles. The first kappa shape index (κ1) is 23.9. The predicted molar refractivity (Wildman–Crippen MR) is 121 cm³/mol. The van der Waals surface area contributed by atoms with Crippen LogP contribution in [-0.4, -0.2) is 31.3 Å². The number of hydrogen-bond acceptors (Lipinski definition) is 7. The summed E-state index contributed by atoms with van der Waals surface area (Å²) in [7, 11) is 1.39. The molecule has 1 amide bonds. The lowest BCUT2D eigenvalue weighted by atomic mass is 10.2. The van der Waals surface area contributed by atoms with Crippen LogP contribution >= 0.6 is 0 Å². The molecule has 34 heavy (non-hydrogen) atoms.